The third kappa shape index (κ3) is 4.18. The Hall–Kier alpha value is -1.60. The molecule has 0 spiro atoms. The van der Waals surface area contributed by atoms with Crippen LogP contribution >= 0.6 is 0 Å². The largest absolute Gasteiger partial charge is 0.406 e. The molecule has 0 saturated carbocycles. The van der Waals surface area contributed by atoms with Gasteiger partial charge in [-0.25, -0.2) is 0 Å². The first-order valence-electron chi connectivity index (χ1n) is 6.56. The summed E-state index contributed by atoms with van der Waals surface area (Å²) < 4.78 is 37.4. The molecule has 120 valence electrons. The van der Waals surface area contributed by atoms with Gasteiger partial charge in [0.2, 0.25) is 17.7 Å². The van der Waals surface area contributed by atoms with E-state index in [-0.39, 0.29) is 6.42 Å². The molecule has 0 aliphatic carbocycles. The highest BCUT2D eigenvalue weighted by molar-refractivity contribution is 6.07. The van der Waals surface area contributed by atoms with Crippen molar-refractivity contribution in [1.29, 1.82) is 0 Å². The molecule has 1 aliphatic heterocycles. The smallest absolute Gasteiger partial charge is 0.330 e. The molecule has 0 bridgehead atoms. The number of hydrogen-bond donors (Lipinski definition) is 0. The second-order valence-corrected chi connectivity index (χ2v) is 6.08. The van der Waals surface area contributed by atoms with Gasteiger partial charge in [-0.05, 0) is 13.8 Å². The summed E-state index contributed by atoms with van der Waals surface area (Å²) in [6.45, 7) is 3.97. The van der Waals surface area contributed by atoms with Crippen LogP contribution in [0.3, 0.4) is 0 Å². The number of carbonyl (C=O) groups excluding carboxylic acids is 3. The summed E-state index contributed by atoms with van der Waals surface area (Å²) in [4.78, 5) is 37.0. The van der Waals surface area contributed by atoms with E-state index in [0.717, 1.165) is 4.90 Å². The number of amides is 3. The van der Waals surface area contributed by atoms with E-state index < -0.39 is 48.4 Å². The summed E-state index contributed by atoms with van der Waals surface area (Å²) in [6.07, 6.45) is -4.57. The molecule has 5 nitrogen and oxygen atoms in total. The van der Waals surface area contributed by atoms with Crippen molar-refractivity contribution in [3.05, 3.63) is 0 Å². The van der Waals surface area contributed by atoms with Crippen molar-refractivity contribution in [1.82, 2.24) is 9.80 Å². The van der Waals surface area contributed by atoms with Crippen molar-refractivity contribution in [2.45, 2.75) is 46.3 Å². The standard InChI is InChI=1S/C13H19F3N2O3/c1-8(2)18(7-13(14,15)16)10(20)6-17-9(19)5-12(3,4)11(17)21/h8H,5-7H2,1-4H3. The van der Waals surface area contributed by atoms with E-state index in [1.807, 2.05) is 0 Å². The van der Waals surface area contributed by atoms with E-state index in [2.05, 4.69) is 0 Å². The molecule has 0 atom stereocenters. The van der Waals surface area contributed by atoms with Gasteiger partial charge in [-0.2, -0.15) is 13.2 Å². The summed E-state index contributed by atoms with van der Waals surface area (Å²) >= 11 is 0. The number of carbonyl (C=O) groups is 3. The topological polar surface area (TPSA) is 57.7 Å². The maximum atomic E-state index is 12.5. The molecule has 0 N–H and O–H groups in total. The van der Waals surface area contributed by atoms with Crippen LogP contribution in [-0.2, 0) is 14.4 Å². The Morgan fingerprint density at radius 2 is 1.86 bits per heavy atom. The van der Waals surface area contributed by atoms with Crippen LogP contribution in [0.15, 0.2) is 0 Å². The van der Waals surface area contributed by atoms with Gasteiger partial charge in [0.25, 0.3) is 0 Å². The van der Waals surface area contributed by atoms with Crippen molar-refractivity contribution in [3.63, 3.8) is 0 Å². The Morgan fingerprint density at radius 3 is 2.19 bits per heavy atom. The van der Waals surface area contributed by atoms with Crippen LogP contribution in [0.2, 0.25) is 0 Å². The maximum absolute atomic E-state index is 12.5. The lowest BCUT2D eigenvalue weighted by atomic mass is 9.92. The normalized spacial score (nSPS) is 18.6. The second-order valence-electron chi connectivity index (χ2n) is 6.08. The summed E-state index contributed by atoms with van der Waals surface area (Å²) in [7, 11) is 0. The molecule has 3 amide bonds. The van der Waals surface area contributed by atoms with Crippen LogP contribution in [0.4, 0.5) is 13.2 Å². The van der Waals surface area contributed by atoms with Gasteiger partial charge < -0.3 is 4.90 Å². The molecule has 1 aliphatic rings. The zero-order chi connectivity index (χ0) is 16.6. The summed E-state index contributed by atoms with van der Waals surface area (Å²) in [5, 5.41) is 0. The van der Waals surface area contributed by atoms with Crippen LogP contribution in [0.5, 0.6) is 0 Å². The van der Waals surface area contributed by atoms with Crippen molar-refractivity contribution in [2.24, 2.45) is 5.41 Å². The monoisotopic (exact) mass is 308 g/mol. The summed E-state index contributed by atoms with van der Waals surface area (Å²) in [6, 6.07) is -0.681. The molecule has 1 heterocycles. The van der Waals surface area contributed by atoms with Gasteiger partial charge in [-0.1, -0.05) is 13.8 Å². The summed E-state index contributed by atoms with van der Waals surface area (Å²) in [5.41, 5.74) is -0.913. The third-order valence-corrected chi connectivity index (χ3v) is 3.31. The molecule has 1 fully saturated rings. The second kappa shape index (κ2) is 5.65. The Morgan fingerprint density at radius 1 is 1.33 bits per heavy atom. The number of rotatable bonds is 4. The first kappa shape index (κ1) is 17.5. The first-order chi connectivity index (χ1) is 9.35. The van der Waals surface area contributed by atoms with E-state index in [4.69, 9.17) is 0 Å². The Kier molecular flexibility index (Phi) is 4.70. The number of hydrogen-bond acceptors (Lipinski definition) is 3. The van der Waals surface area contributed by atoms with E-state index in [0.29, 0.717) is 4.90 Å². The van der Waals surface area contributed by atoms with E-state index >= 15 is 0 Å². The van der Waals surface area contributed by atoms with E-state index in [1.54, 1.807) is 13.8 Å². The van der Waals surface area contributed by atoms with Crippen molar-refractivity contribution in [3.8, 4) is 0 Å². The van der Waals surface area contributed by atoms with Crippen LogP contribution in [0, 0.1) is 5.41 Å². The van der Waals surface area contributed by atoms with Crippen LogP contribution in [-0.4, -0.2) is 52.8 Å². The SMILES string of the molecule is CC(C)N(CC(F)(F)F)C(=O)CN1C(=O)CC(C)(C)C1=O. The number of alkyl halides is 3. The molecular formula is C13H19F3N2O3. The number of halogens is 3. The van der Waals surface area contributed by atoms with E-state index in [9.17, 15) is 27.6 Å². The number of imide groups is 1. The predicted octanol–water partition coefficient (Wildman–Crippen LogP) is 1.57. The molecular weight excluding hydrogens is 289 g/mol. The molecule has 0 aromatic heterocycles. The average Bonchev–Trinajstić information content (AvgIpc) is 2.47. The lowest BCUT2D eigenvalue weighted by molar-refractivity contribution is -0.166. The van der Waals surface area contributed by atoms with Crippen molar-refractivity contribution in [2.75, 3.05) is 13.1 Å². The molecule has 21 heavy (non-hydrogen) atoms. The predicted molar refractivity (Wildman–Crippen MR) is 68.0 cm³/mol. The third-order valence-electron chi connectivity index (χ3n) is 3.31. The van der Waals surface area contributed by atoms with Gasteiger partial charge in [0.05, 0.1) is 5.41 Å². The fourth-order valence-corrected chi connectivity index (χ4v) is 2.17. The average molecular weight is 308 g/mol. The van der Waals surface area contributed by atoms with Crippen LogP contribution < -0.4 is 0 Å². The van der Waals surface area contributed by atoms with Gasteiger partial charge in [0, 0.05) is 12.5 Å². The lowest BCUT2D eigenvalue weighted by Crippen LogP contribution is -2.49. The Labute approximate surface area is 121 Å². The fraction of sp³-hybridized carbons (Fsp3) is 0.769. The number of likely N-dealkylation sites (tertiary alicyclic amines) is 1. The molecule has 1 rings (SSSR count). The molecule has 0 radical (unpaired) electrons. The Bertz CT molecular complexity index is 458. The van der Waals surface area contributed by atoms with Crippen molar-refractivity contribution >= 4 is 17.7 Å². The first-order valence-corrected chi connectivity index (χ1v) is 6.56. The zero-order valence-corrected chi connectivity index (χ0v) is 12.5. The molecule has 8 heteroatoms. The highest BCUT2D eigenvalue weighted by Gasteiger charge is 2.46. The minimum Gasteiger partial charge on any atom is -0.330 e. The van der Waals surface area contributed by atoms with Gasteiger partial charge in [-0.15, -0.1) is 0 Å². The van der Waals surface area contributed by atoms with Gasteiger partial charge >= 0.3 is 6.18 Å². The van der Waals surface area contributed by atoms with Crippen LogP contribution in [0.1, 0.15) is 34.1 Å². The highest BCUT2D eigenvalue weighted by Crippen LogP contribution is 2.31. The maximum Gasteiger partial charge on any atom is 0.406 e. The molecule has 0 aromatic carbocycles. The molecule has 0 unspecified atom stereocenters. The molecule has 1 saturated heterocycles. The van der Waals surface area contributed by atoms with Gasteiger partial charge in [-0.3, -0.25) is 19.3 Å². The fourth-order valence-electron chi connectivity index (χ4n) is 2.17. The van der Waals surface area contributed by atoms with Gasteiger partial charge in [0.15, 0.2) is 0 Å². The quantitative estimate of drug-likeness (QED) is 0.741. The minimum absolute atomic E-state index is 0.0416. The minimum atomic E-state index is -4.53. The van der Waals surface area contributed by atoms with Crippen molar-refractivity contribution < 1.29 is 27.6 Å². The highest BCUT2D eigenvalue weighted by atomic mass is 19.4. The number of nitrogens with zero attached hydrogens (tertiary/aromatic N) is 2. The van der Waals surface area contributed by atoms with Crippen LogP contribution in [0.25, 0.3) is 0 Å². The summed E-state index contributed by atoms with van der Waals surface area (Å²) in [5.74, 6) is -1.95. The molecule has 0 aromatic rings. The zero-order valence-electron chi connectivity index (χ0n) is 12.5. The lowest BCUT2D eigenvalue weighted by Gasteiger charge is -2.29. The van der Waals surface area contributed by atoms with E-state index in [1.165, 1.54) is 13.8 Å². The Balaban J connectivity index is 2.83. The van der Waals surface area contributed by atoms with Gasteiger partial charge in [0.1, 0.15) is 13.1 Å².